The summed E-state index contributed by atoms with van der Waals surface area (Å²) in [6, 6.07) is 9.57. The first-order chi connectivity index (χ1) is 14.8. The molecule has 1 aromatic carbocycles. The number of likely N-dealkylation sites (N-methyl/N-ethyl adjacent to an activating group) is 1. The highest BCUT2D eigenvalue weighted by Crippen LogP contribution is 2.40. The van der Waals surface area contributed by atoms with Crippen molar-refractivity contribution in [2.75, 3.05) is 18.5 Å². The molecule has 0 saturated carbocycles. The number of rotatable bonds is 3. The van der Waals surface area contributed by atoms with Crippen molar-refractivity contribution in [2.45, 2.75) is 34.2 Å². The van der Waals surface area contributed by atoms with Crippen LogP contribution in [0.2, 0.25) is 0 Å². The normalized spacial score (nSPS) is 20.6. The van der Waals surface area contributed by atoms with E-state index < -0.39 is 0 Å². The second-order valence-corrected chi connectivity index (χ2v) is 9.81. The van der Waals surface area contributed by atoms with Crippen molar-refractivity contribution >= 4 is 62.7 Å². The van der Waals surface area contributed by atoms with Crippen LogP contribution < -0.4 is 19.7 Å². The van der Waals surface area contributed by atoms with Crippen molar-refractivity contribution in [2.24, 2.45) is 0 Å². The summed E-state index contributed by atoms with van der Waals surface area (Å²) in [5.74, 6) is -0.203. The third-order valence-electron chi connectivity index (χ3n) is 5.55. The molecule has 2 aromatic rings. The van der Waals surface area contributed by atoms with E-state index in [1.54, 1.807) is 28.3 Å². The predicted octanol–water partition coefficient (Wildman–Crippen LogP) is 2.69. The molecule has 31 heavy (non-hydrogen) atoms. The highest BCUT2D eigenvalue weighted by Gasteiger charge is 2.38. The molecule has 1 fully saturated rings. The van der Waals surface area contributed by atoms with Gasteiger partial charge in [-0.3, -0.25) is 24.0 Å². The number of carbonyl (C=O) groups is 1. The lowest BCUT2D eigenvalue weighted by Gasteiger charge is -2.18. The number of amides is 1. The number of benzene rings is 1. The van der Waals surface area contributed by atoms with Crippen LogP contribution in [0.1, 0.15) is 27.7 Å². The summed E-state index contributed by atoms with van der Waals surface area (Å²) in [6.45, 7) is 9.40. The van der Waals surface area contributed by atoms with Gasteiger partial charge < -0.3 is 4.90 Å². The fourth-order valence-corrected chi connectivity index (χ4v) is 6.59. The van der Waals surface area contributed by atoms with Gasteiger partial charge in [-0.1, -0.05) is 30.0 Å². The average molecular weight is 473 g/mol. The van der Waals surface area contributed by atoms with Gasteiger partial charge in [0.25, 0.3) is 11.5 Å². The van der Waals surface area contributed by atoms with Gasteiger partial charge in [0.2, 0.25) is 0 Å². The van der Waals surface area contributed by atoms with E-state index in [-0.39, 0.29) is 11.5 Å². The van der Waals surface area contributed by atoms with Gasteiger partial charge in [-0.2, -0.15) is 0 Å². The molecule has 0 N–H and O–H groups in total. The molecule has 0 bridgehead atoms. The fourth-order valence-electron chi connectivity index (χ4n) is 3.77. The first-order valence-electron chi connectivity index (χ1n) is 10.1. The zero-order valence-corrected chi connectivity index (χ0v) is 20.6. The molecule has 9 heteroatoms. The van der Waals surface area contributed by atoms with E-state index in [0.717, 1.165) is 23.0 Å². The lowest BCUT2D eigenvalue weighted by molar-refractivity contribution is -0.119. The van der Waals surface area contributed by atoms with Crippen LogP contribution >= 0.6 is 35.3 Å². The van der Waals surface area contributed by atoms with E-state index in [1.807, 2.05) is 37.3 Å². The maximum atomic E-state index is 13.5. The molecular formula is C22H24N4O2S3. The van der Waals surface area contributed by atoms with Gasteiger partial charge in [-0.25, -0.2) is 0 Å². The minimum absolute atomic E-state index is 0.0697. The molecule has 0 spiro atoms. The minimum Gasteiger partial charge on any atom is -0.338 e. The number of hydrogen-bond acceptors (Lipinski definition) is 6. The number of para-hydroxylation sites is 1. The lowest BCUT2D eigenvalue weighted by atomic mass is 10.3. The van der Waals surface area contributed by atoms with E-state index >= 15 is 0 Å². The molecule has 0 radical (unpaired) electrons. The Morgan fingerprint density at radius 3 is 2.32 bits per heavy atom. The molecule has 162 valence electrons. The van der Waals surface area contributed by atoms with Gasteiger partial charge in [-0.15, -0.1) is 11.3 Å². The van der Waals surface area contributed by atoms with Crippen LogP contribution in [0.15, 0.2) is 45.7 Å². The summed E-state index contributed by atoms with van der Waals surface area (Å²) in [5, 5.41) is 1.34. The molecule has 1 aromatic heterocycles. The van der Waals surface area contributed by atoms with Crippen molar-refractivity contribution < 1.29 is 4.79 Å². The average Bonchev–Trinajstić information content (AvgIpc) is 3.33. The summed E-state index contributed by atoms with van der Waals surface area (Å²) in [7, 11) is 1.67. The van der Waals surface area contributed by atoms with Gasteiger partial charge in [0, 0.05) is 36.4 Å². The maximum Gasteiger partial charge on any atom is 0.279 e. The van der Waals surface area contributed by atoms with Crippen molar-refractivity contribution in [3.8, 4) is 0 Å². The van der Waals surface area contributed by atoms with E-state index in [4.69, 9.17) is 12.2 Å². The van der Waals surface area contributed by atoms with Crippen LogP contribution in [0, 0.1) is 0 Å². The number of thioether (sulfide) groups is 1. The Bertz CT molecular complexity index is 1290. The molecule has 1 amide bonds. The first kappa shape index (κ1) is 21.9. The molecule has 0 unspecified atom stereocenters. The smallest absolute Gasteiger partial charge is 0.279 e. The van der Waals surface area contributed by atoms with Crippen molar-refractivity contribution in [1.82, 2.24) is 14.4 Å². The third kappa shape index (κ3) is 3.35. The number of nitrogens with zero attached hydrogens (tertiary/aromatic N) is 4. The molecule has 2 aliphatic heterocycles. The van der Waals surface area contributed by atoms with E-state index in [1.165, 1.54) is 21.1 Å². The number of thiocarbonyl (C=S) groups is 1. The molecule has 6 nitrogen and oxygen atoms in total. The van der Waals surface area contributed by atoms with Crippen molar-refractivity contribution in [1.29, 1.82) is 0 Å². The highest BCUT2D eigenvalue weighted by molar-refractivity contribution is 8.11. The second-order valence-electron chi connectivity index (χ2n) is 7.25. The Labute approximate surface area is 194 Å². The lowest BCUT2D eigenvalue weighted by Crippen LogP contribution is -2.36. The first-order valence-corrected chi connectivity index (χ1v) is 12.1. The molecule has 2 aliphatic rings. The number of thiazole rings is 1. The quantitative estimate of drug-likeness (QED) is 0.641. The fraction of sp³-hybridized carbons (Fsp3) is 0.318. The largest absolute Gasteiger partial charge is 0.338 e. The Balaban J connectivity index is 2.07. The van der Waals surface area contributed by atoms with E-state index in [2.05, 4.69) is 25.7 Å². The molecule has 0 aliphatic carbocycles. The molecule has 1 saturated heterocycles. The van der Waals surface area contributed by atoms with Crippen LogP contribution in [0.3, 0.4) is 0 Å². The number of anilines is 1. The van der Waals surface area contributed by atoms with E-state index in [0.29, 0.717) is 26.5 Å². The number of carbonyl (C=O) groups excluding carboxylic acids is 1. The standard InChI is InChI=1S/C22H24N4O2S3/c1-6-24-13(3)14(4)30-21(24)17-19(28)25(7-2)20(31-17)16-18(27)23(5)22(29)26(16)15-11-9-8-10-12-15/h8-12H,6-7H2,1-5H3. The van der Waals surface area contributed by atoms with Gasteiger partial charge in [0.15, 0.2) is 5.11 Å². The third-order valence-corrected chi connectivity index (χ3v) is 8.53. The minimum atomic E-state index is -0.203. The van der Waals surface area contributed by atoms with Gasteiger partial charge in [-0.05, 0) is 52.0 Å². The van der Waals surface area contributed by atoms with Crippen LogP contribution in [-0.4, -0.2) is 39.0 Å². The number of hydrogen-bond donors (Lipinski definition) is 0. The molecule has 4 rings (SSSR count). The SMILES string of the molecule is CCN1C(C)=C(C)SC1=c1sc(=C2C(=O)N(C)C(=S)N2c2ccccc2)n(CC)c1=O. The Kier molecular flexibility index (Phi) is 5.85. The Hall–Kier alpha value is -2.36. The zero-order chi connectivity index (χ0) is 22.4. The zero-order valence-electron chi connectivity index (χ0n) is 18.1. The topological polar surface area (TPSA) is 48.8 Å². The van der Waals surface area contributed by atoms with Gasteiger partial charge in [0.05, 0.1) is 0 Å². The number of aromatic nitrogens is 1. The summed E-state index contributed by atoms with van der Waals surface area (Å²) < 4.78 is 2.98. The van der Waals surface area contributed by atoms with Crippen molar-refractivity contribution in [3.05, 3.63) is 60.5 Å². The summed E-state index contributed by atoms with van der Waals surface area (Å²) in [6.07, 6.45) is 0. The predicted molar refractivity (Wildman–Crippen MR) is 133 cm³/mol. The van der Waals surface area contributed by atoms with E-state index in [9.17, 15) is 9.59 Å². The summed E-state index contributed by atoms with van der Waals surface area (Å²) in [5.41, 5.74) is 2.33. The maximum absolute atomic E-state index is 13.5. The Morgan fingerprint density at radius 1 is 1.03 bits per heavy atom. The molecule has 0 atom stereocenters. The summed E-state index contributed by atoms with van der Waals surface area (Å²) in [4.78, 5) is 33.3. The number of allylic oxidation sites excluding steroid dienone is 2. The highest BCUT2D eigenvalue weighted by atomic mass is 32.2. The van der Waals surface area contributed by atoms with Crippen LogP contribution in [0.25, 0.3) is 10.7 Å². The van der Waals surface area contributed by atoms with Crippen molar-refractivity contribution in [3.63, 3.8) is 0 Å². The summed E-state index contributed by atoms with van der Waals surface area (Å²) >= 11 is 8.59. The van der Waals surface area contributed by atoms with Gasteiger partial charge >= 0.3 is 0 Å². The molecule has 3 heterocycles. The molecular weight excluding hydrogens is 448 g/mol. The Morgan fingerprint density at radius 2 is 1.71 bits per heavy atom. The van der Waals surface area contributed by atoms with Crippen LogP contribution in [0.4, 0.5) is 5.69 Å². The van der Waals surface area contributed by atoms with Crippen LogP contribution in [0.5, 0.6) is 0 Å². The van der Waals surface area contributed by atoms with Crippen LogP contribution in [-0.2, 0) is 11.3 Å². The second kappa shape index (κ2) is 8.29. The monoisotopic (exact) mass is 472 g/mol. The van der Waals surface area contributed by atoms with Gasteiger partial charge in [0.1, 0.15) is 19.9 Å².